The smallest absolute Gasteiger partial charge is 0.131 e. The number of hydrogen-bond donors (Lipinski definition) is 2. The van der Waals surface area contributed by atoms with Crippen LogP contribution in [-0.4, -0.2) is 12.9 Å². The maximum absolute atomic E-state index is 7.30. The summed E-state index contributed by atoms with van der Waals surface area (Å²) < 4.78 is 10.8. The van der Waals surface area contributed by atoms with Crippen LogP contribution in [-0.2, 0) is 0 Å². The third-order valence-corrected chi connectivity index (χ3v) is 2.44. The fourth-order valence-electron chi connectivity index (χ4n) is 1.50. The Morgan fingerprint density at radius 1 is 1.00 bits per heavy atom. The zero-order chi connectivity index (χ0) is 13.0. The van der Waals surface area contributed by atoms with Crippen LogP contribution in [0.3, 0.4) is 0 Å². The maximum Gasteiger partial charge on any atom is 0.131 e. The molecular formula is C14H14N2O2. The average molecular weight is 242 g/mol. The quantitative estimate of drug-likeness (QED) is 0.639. The first-order valence-corrected chi connectivity index (χ1v) is 5.45. The van der Waals surface area contributed by atoms with Gasteiger partial charge in [-0.3, -0.25) is 5.41 Å². The summed E-state index contributed by atoms with van der Waals surface area (Å²) in [7, 11) is 1.61. The number of nitrogens with two attached hydrogens (primary N) is 1. The highest BCUT2D eigenvalue weighted by Crippen LogP contribution is 2.25. The summed E-state index contributed by atoms with van der Waals surface area (Å²) in [4.78, 5) is 0. The Hall–Kier alpha value is -2.49. The van der Waals surface area contributed by atoms with E-state index in [1.165, 1.54) is 0 Å². The van der Waals surface area contributed by atoms with Crippen molar-refractivity contribution in [3.05, 3.63) is 54.1 Å². The maximum atomic E-state index is 7.30. The van der Waals surface area contributed by atoms with E-state index in [-0.39, 0.29) is 5.84 Å². The van der Waals surface area contributed by atoms with Crippen molar-refractivity contribution in [2.45, 2.75) is 0 Å². The minimum atomic E-state index is 0.0444. The Balaban J connectivity index is 2.15. The molecule has 0 saturated carbocycles. The highest BCUT2D eigenvalue weighted by molar-refractivity contribution is 5.94. The second-order valence-corrected chi connectivity index (χ2v) is 3.72. The van der Waals surface area contributed by atoms with Gasteiger partial charge in [0.05, 0.1) is 7.11 Å². The number of nitrogen functional groups attached to an aromatic ring is 1. The molecular weight excluding hydrogens is 228 g/mol. The summed E-state index contributed by atoms with van der Waals surface area (Å²) in [5.41, 5.74) is 6.05. The fourth-order valence-corrected chi connectivity index (χ4v) is 1.50. The number of hydrogen-bond acceptors (Lipinski definition) is 3. The highest BCUT2D eigenvalue weighted by Gasteiger charge is 2.00. The third kappa shape index (κ3) is 2.79. The van der Waals surface area contributed by atoms with Gasteiger partial charge >= 0.3 is 0 Å². The Labute approximate surface area is 105 Å². The van der Waals surface area contributed by atoms with E-state index in [0.29, 0.717) is 17.1 Å². The topological polar surface area (TPSA) is 68.3 Å². The van der Waals surface area contributed by atoms with Crippen LogP contribution in [0.25, 0.3) is 0 Å². The first-order chi connectivity index (χ1) is 8.69. The first kappa shape index (κ1) is 12.0. The van der Waals surface area contributed by atoms with E-state index < -0.39 is 0 Å². The van der Waals surface area contributed by atoms with Crippen molar-refractivity contribution in [3.8, 4) is 17.2 Å². The largest absolute Gasteiger partial charge is 0.497 e. The van der Waals surface area contributed by atoms with E-state index >= 15 is 0 Å². The predicted octanol–water partition coefficient (Wildman–Crippen LogP) is 2.77. The van der Waals surface area contributed by atoms with Gasteiger partial charge in [0.2, 0.25) is 0 Å². The second kappa shape index (κ2) is 5.23. The molecule has 92 valence electrons. The molecule has 2 aromatic carbocycles. The molecule has 18 heavy (non-hydrogen) atoms. The van der Waals surface area contributed by atoms with E-state index in [9.17, 15) is 0 Å². The first-order valence-electron chi connectivity index (χ1n) is 5.45. The van der Waals surface area contributed by atoms with E-state index in [2.05, 4.69) is 0 Å². The molecule has 4 heteroatoms. The summed E-state index contributed by atoms with van der Waals surface area (Å²) in [5.74, 6) is 2.17. The molecule has 0 radical (unpaired) electrons. The van der Waals surface area contributed by atoms with E-state index in [1.807, 2.05) is 18.2 Å². The van der Waals surface area contributed by atoms with Crippen LogP contribution in [0.1, 0.15) is 5.56 Å². The SMILES string of the molecule is COc1cccc(Oc2ccc(C(=N)N)cc2)c1. The molecule has 3 N–H and O–H groups in total. The lowest BCUT2D eigenvalue weighted by Gasteiger charge is -2.07. The fraction of sp³-hybridized carbons (Fsp3) is 0.0714. The van der Waals surface area contributed by atoms with Crippen LogP contribution in [0, 0.1) is 5.41 Å². The summed E-state index contributed by atoms with van der Waals surface area (Å²) in [6, 6.07) is 14.4. The number of amidine groups is 1. The Bertz CT molecular complexity index is 550. The Morgan fingerprint density at radius 2 is 1.67 bits per heavy atom. The molecule has 0 bridgehead atoms. The summed E-state index contributed by atoms with van der Waals surface area (Å²) in [6.07, 6.45) is 0. The van der Waals surface area contributed by atoms with E-state index in [1.54, 1.807) is 37.4 Å². The van der Waals surface area contributed by atoms with Crippen LogP contribution in [0.15, 0.2) is 48.5 Å². The highest BCUT2D eigenvalue weighted by atomic mass is 16.5. The summed E-state index contributed by atoms with van der Waals surface area (Å²) >= 11 is 0. The van der Waals surface area contributed by atoms with Gasteiger partial charge in [0, 0.05) is 11.6 Å². The molecule has 2 aromatic rings. The zero-order valence-corrected chi connectivity index (χ0v) is 10.0. The van der Waals surface area contributed by atoms with E-state index in [0.717, 1.165) is 5.75 Å². The molecule has 0 heterocycles. The lowest BCUT2D eigenvalue weighted by atomic mass is 10.2. The van der Waals surface area contributed by atoms with Crippen molar-refractivity contribution in [1.29, 1.82) is 5.41 Å². The molecule has 4 nitrogen and oxygen atoms in total. The number of ether oxygens (including phenoxy) is 2. The number of rotatable bonds is 4. The number of nitrogens with one attached hydrogen (secondary N) is 1. The Morgan fingerprint density at radius 3 is 2.28 bits per heavy atom. The van der Waals surface area contributed by atoms with Crippen molar-refractivity contribution in [2.24, 2.45) is 5.73 Å². The molecule has 0 unspecified atom stereocenters. The van der Waals surface area contributed by atoms with Gasteiger partial charge in [-0.05, 0) is 36.4 Å². The average Bonchev–Trinajstić information content (AvgIpc) is 2.39. The molecule has 0 aliphatic rings. The van der Waals surface area contributed by atoms with Gasteiger partial charge < -0.3 is 15.2 Å². The van der Waals surface area contributed by atoms with Crippen LogP contribution in [0.2, 0.25) is 0 Å². The lowest BCUT2D eigenvalue weighted by Crippen LogP contribution is -2.10. The van der Waals surface area contributed by atoms with Crippen molar-refractivity contribution in [3.63, 3.8) is 0 Å². The van der Waals surface area contributed by atoms with Gasteiger partial charge in [0.1, 0.15) is 23.1 Å². The van der Waals surface area contributed by atoms with Crippen molar-refractivity contribution < 1.29 is 9.47 Å². The van der Waals surface area contributed by atoms with Crippen LogP contribution < -0.4 is 15.2 Å². The summed E-state index contributed by atoms with van der Waals surface area (Å²) in [5, 5.41) is 7.30. The predicted molar refractivity (Wildman–Crippen MR) is 70.5 cm³/mol. The van der Waals surface area contributed by atoms with Crippen LogP contribution in [0.5, 0.6) is 17.2 Å². The van der Waals surface area contributed by atoms with Crippen molar-refractivity contribution >= 4 is 5.84 Å². The van der Waals surface area contributed by atoms with Gasteiger partial charge in [-0.25, -0.2) is 0 Å². The zero-order valence-electron chi connectivity index (χ0n) is 10.0. The normalized spacial score (nSPS) is 9.83. The number of methoxy groups -OCH3 is 1. The minimum Gasteiger partial charge on any atom is -0.497 e. The van der Waals surface area contributed by atoms with Gasteiger partial charge in [-0.15, -0.1) is 0 Å². The minimum absolute atomic E-state index is 0.0444. The molecule has 0 aliphatic heterocycles. The van der Waals surface area contributed by atoms with Crippen LogP contribution >= 0.6 is 0 Å². The van der Waals surface area contributed by atoms with Crippen molar-refractivity contribution in [2.75, 3.05) is 7.11 Å². The standard InChI is InChI=1S/C14H14N2O2/c1-17-12-3-2-4-13(9-12)18-11-7-5-10(6-8-11)14(15)16/h2-9H,1H3,(H3,15,16). The summed E-state index contributed by atoms with van der Waals surface area (Å²) in [6.45, 7) is 0. The molecule has 2 rings (SSSR count). The molecule has 0 atom stereocenters. The van der Waals surface area contributed by atoms with Gasteiger partial charge in [0.15, 0.2) is 0 Å². The van der Waals surface area contributed by atoms with E-state index in [4.69, 9.17) is 20.6 Å². The van der Waals surface area contributed by atoms with Gasteiger partial charge in [0.25, 0.3) is 0 Å². The van der Waals surface area contributed by atoms with Crippen LogP contribution in [0.4, 0.5) is 0 Å². The number of benzene rings is 2. The lowest BCUT2D eigenvalue weighted by molar-refractivity contribution is 0.409. The second-order valence-electron chi connectivity index (χ2n) is 3.72. The molecule has 0 spiro atoms. The molecule has 0 fully saturated rings. The Kier molecular flexibility index (Phi) is 3.48. The molecule has 0 aromatic heterocycles. The third-order valence-electron chi connectivity index (χ3n) is 2.44. The van der Waals surface area contributed by atoms with Crippen molar-refractivity contribution in [1.82, 2.24) is 0 Å². The molecule has 0 aliphatic carbocycles. The molecule has 0 saturated heterocycles. The van der Waals surface area contributed by atoms with Gasteiger partial charge in [-0.1, -0.05) is 6.07 Å². The monoisotopic (exact) mass is 242 g/mol. The van der Waals surface area contributed by atoms with Gasteiger partial charge in [-0.2, -0.15) is 0 Å². The molecule has 0 amide bonds.